The smallest absolute Gasteiger partial charge is 0.233 e. The lowest BCUT2D eigenvalue weighted by atomic mass is 10.1. The van der Waals surface area contributed by atoms with E-state index in [9.17, 15) is 9.59 Å². The lowest BCUT2D eigenvalue weighted by Gasteiger charge is -2.21. The van der Waals surface area contributed by atoms with Crippen LogP contribution in [0.5, 0.6) is 0 Å². The van der Waals surface area contributed by atoms with Gasteiger partial charge in [-0.3, -0.25) is 14.5 Å². The minimum absolute atomic E-state index is 0.0565. The predicted molar refractivity (Wildman–Crippen MR) is 75.5 cm³/mol. The van der Waals surface area contributed by atoms with Crippen molar-refractivity contribution in [1.82, 2.24) is 4.90 Å². The number of carbonyl (C=O) groups excluding carboxylic acids is 2. The molecule has 100 valence electrons. The quantitative estimate of drug-likeness (QED) is 0.774. The zero-order valence-corrected chi connectivity index (χ0v) is 13.0. The molecule has 1 saturated heterocycles. The highest BCUT2D eigenvalue weighted by Gasteiger charge is 2.72. The molecule has 1 aromatic rings. The van der Waals surface area contributed by atoms with Gasteiger partial charge in [-0.25, -0.2) is 0 Å². The largest absolute Gasteiger partial charge is 0.278 e. The highest BCUT2D eigenvalue weighted by Crippen LogP contribution is 2.63. The van der Waals surface area contributed by atoms with Crippen LogP contribution in [0.15, 0.2) is 22.7 Å². The second-order valence-electron chi connectivity index (χ2n) is 5.78. The third-order valence-corrected chi connectivity index (χ3v) is 5.08. The monoisotopic (exact) mass is 341 g/mol. The topological polar surface area (TPSA) is 37.4 Å². The summed E-state index contributed by atoms with van der Waals surface area (Å²) < 4.78 is 0.879. The van der Waals surface area contributed by atoms with E-state index >= 15 is 0 Å². The van der Waals surface area contributed by atoms with Crippen LogP contribution >= 0.6 is 27.5 Å². The van der Waals surface area contributed by atoms with E-state index in [0.29, 0.717) is 5.02 Å². The molecule has 1 saturated carbocycles. The minimum Gasteiger partial charge on any atom is -0.278 e. The van der Waals surface area contributed by atoms with Gasteiger partial charge in [0.25, 0.3) is 0 Å². The fourth-order valence-corrected chi connectivity index (χ4v) is 3.71. The number of piperidine rings is 1. The molecule has 0 spiro atoms. The molecule has 3 nitrogen and oxygen atoms in total. The second kappa shape index (κ2) is 4.06. The average molecular weight is 343 g/mol. The van der Waals surface area contributed by atoms with Crippen molar-refractivity contribution in [3.8, 4) is 0 Å². The van der Waals surface area contributed by atoms with Crippen LogP contribution in [0.1, 0.15) is 19.4 Å². The third-order valence-electron chi connectivity index (χ3n) is 4.24. The molecule has 1 aliphatic carbocycles. The maximum atomic E-state index is 12.2. The number of fused-ring (bicyclic) bond motifs is 1. The van der Waals surface area contributed by atoms with Gasteiger partial charge in [-0.15, -0.1) is 0 Å². The summed E-state index contributed by atoms with van der Waals surface area (Å²) >= 11 is 9.46. The van der Waals surface area contributed by atoms with Gasteiger partial charge in [-0.1, -0.05) is 47.4 Å². The molecule has 0 aromatic heterocycles. The van der Waals surface area contributed by atoms with Gasteiger partial charge in [-0.05, 0) is 23.1 Å². The number of amides is 2. The number of carbonyl (C=O) groups is 2. The second-order valence-corrected chi connectivity index (χ2v) is 7.10. The number of hydrogen-bond donors (Lipinski definition) is 0. The molecule has 2 amide bonds. The molecule has 2 unspecified atom stereocenters. The number of benzene rings is 1. The van der Waals surface area contributed by atoms with Crippen LogP contribution in [-0.2, 0) is 16.1 Å². The zero-order valence-electron chi connectivity index (χ0n) is 10.6. The number of likely N-dealkylation sites (tertiary alicyclic amines) is 1. The van der Waals surface area contributed by atoms with E-state index < -0.39 is 0 Å². The SMILES string of the molecule is CC1(C)C2C(=O)N(Cc3ccc(Br)cc3Cl)C(=O)C21. The zero-order chi connectivity index (χ0) is 13.9. The molecule has 3 rings (SSSR count). The highest BCUT2D eigenvalue weighted by molar-refractivity contribution is 9.10. The molecule has 19 heavy (non-hydrogen) atoms. The van der Waals surface area contributed by atoms with Crippen molar-refractivity contribution in [2.75, 3.05) is 0 Å². The molecule has 2 fully saturated rings. The van der Waals surface area contributed by atoms with Gasteiger partial charge < -0.3 is 0 Å². The molecule has 5 heteroatoms. The summed E-state index contributed by atoms with van der Waals surface area (Å²) in [5, 5.41) is 0.565. The van der Waals surface area contributed by atoms with Crippen molar-refractivity contribution < 1.29 is 9.59 Å². The molecule has 1 heterocycles. The van der Waals surface area contributed by atoms with E-state index in [0.717, 1.165) is 10.0 Å². The van der Waals surface area contributed by atoms with Crippen molar-refractivity contribution in [3.05, 3.63) is 33.3 Å². The summed E-state index contributed by atoms with van der Waals surface area (Å²) in [7, 11) is 0. The molecule has 2 aliphatic rings. The van der Waals surface area contributed by atoms with E-state index in [1.165, 1.54) is 4.90 Å². The van der Waals surface area contributed by atoms with E-state index in [-0.39, 0.29) is 35.6 Å². The molecule has 1 aliphatic heterocycles. The van der Waals surface area contributed by atoms with Crippen LogP contribution in [0.3, 0.4) is 0 Å². The minimum atomic E-state index is -0.159. The summed E-state index contributed by atoms with van der Waals surface area (Å²) in [5.74, 6) is -0.374. The third kappa shape index (κ3) is 1.84. The van der Waals surface area contributed by atoms with Gasteiger partial charge in [0.2, 0.25) is 11.8 Å². The first-order valence-electron chi connectivity index (χ1n) is 6.13. The van der Waals surface area contributed by atoms with Gasteiger partial charge in [-0.2, -0.15) is 0 Å². The molecule has 0 radical (unpaired) electrons. The Labute approximate surface area is 125 Å². The first kappa shape index (κ1) is 13.1. The number of imide groups is 1. The fourth-order valence-electron chi connectivity index (χ4n) is 2.98. The van der Waals surface area contributed by atoms with Gasteiger partial charge in [0.15, 0.2) is 0 Å². The van der Waals surface area contributed by atoms with Gasteiger partial charge >= 0.3 is 0 Å². The molecule has 2 atom stereocenters. The lowest BCUT2D eigenvalue weighted by molar-refractivity contribution is -0.143. The molecule has 0 bridgehead atoms. The summed E-state index contributed by atoms with van der Waals surface area (Å²) in [4.78, 5) is 25.8. The van der Waals surface area contributed by atoms with Gasteiger partial charge in [0.05, 0.1) is 18.4 Å². The van der Waals surface area contributed by atoms with Crippen molar-refractivity contribution in [2.24, 2.45) is 17.3 Å². The first-order valence-corrected chi connectivity index (χ1v) is 7.30. The van der Waals surface area contributed by atoms with E-state index in [2.05, 4.69) is 15.9 Å². The summed E-state index contributed by atoms with van der Waals surface area (Å²) in [6, 6.07) is 5.46. The number of halogens is 2. The van der Waals surface area contributed by atoms with E-state index in [1.54, 1.807) is 6.07 Å². The average Bonchev–Trinajstić information content (AvgIpc) is 2.78. The Morgan fingerprint density at radius 3 is 2.37 bits per heavy atom. The number of nitrogens with zero attached hydrogens (tertiary/aromatic N) is 1. The Morgan fingerprint density at radius 1 is 1.26 bits per heavy atom. The molecule has 1 aromatic carbocycles. The number of hydrogen-bond acceptors (Lipinski definition) is 2. The molecular weight excluding hydrogens is 330 g/mol. The summed E-state index contributed by atoms with van der Waals surface area (Å²) in [5.41, 5.74) is 0.638. The van der Waals surface area contributed by atoms with E-state index in [4.69, 9.17) is 11.6 Å². The Morgan fingerprint density at radius 2 is 1.84 bits per heavy atom. The lowest BCUT2D eigenvalue weighted by Crippen LogP contribution is -2.35. The Bertz CT molecular complexity index is 575. The van der Waals surface area contributed by atoms with Crippen LogP contribution in [0.2, 0.25) is 5.02 Å². The van der Waals surface area contributed by atoms with Crippen LogP contribution in [-0.4, -0.2) is 16.7 Å². The Balaban J connectivity index is 1.83. The first-order chi connectivity index (χ1) is 8.84. The maximum absolute atomic E-state index is 12.2. The van der Waals surface area contributed by atoms with Crippen LogP contribution < -0.4 is 0 Å². The Hall–Kier alpha value is -0.870. The maximum Gasteiger partial charge on any atom is 0.233 e. The van der Waals surface area contributed by atoms with Crippen molar-refractivity contribution in [1.29, 1.82) is 0 Å². The van der Waals surface area contributed by atoms with E-state index in [1.807, 2.05) is 26.0 Å². The van der Waals surface area contributed by atoms with Crippen molar-refractivity contribution in [3.63, 3.8) is 0 Å². The number of rotatable bonds is 2. The summed E-state index contributed by atoms with van der Waals surface area (Å²) in [6.45, 7) is 4.22. The Kier molecular flexibility index (Phi) is 2.81. The summed E-state index contributed by atoms with van der Waals surface area (Å²) in [6.07, 6.45) is 0. The van der Waals surface area contributed by atoms with Crippen molar-refractivity contribution in [2.45, 2.75) is 20.4 Å². The normalized spacial score (nSPS) is 27.7. The van der Waals surface area contributed by atoms with Gasteiger partial charge in [0.1, 0.15) is 0 Å². The molecule has 0 N–H and O–H groups in total. The van der Waals surface area contributed by atoms with Crippen LogP contribution in [0.25, 0.3) is 0 Å². The van der Waals surface area contributed by atoms with Gasteiger partial charge in [0, 0.05) is 9.50 Å². The van der Waals surface area contributed by atoms with Crippen LogP contribution in [0.4, 0.5) is 0 Å². The standard InChI is InChI=1S/C14H13BrClNO2/c1-14(2)10-11(14)13(19)17(12(10)18)6-7-3-4-8(15)5-9(7)16/h3-5,10-11H,6H2,1-2H3. The van der Waals surface area contributed by atoms with Crippen LogP contribution in [0, 0.1) is 17.3 Å². The predicted octanol–water partition coefficient (Wildman–Crippen LogP) is 3.24. The highest BCUT2D eigenvalue weighted by atomic mass is 79.9. The van der Waals surface area contributed by atoms with Crippen molar-refractivity contribution >= 4 is 39.3 Å². The molecular formula is C14H13BrClNO2. The fraction of sp³-hybridized carbons (Fsp3) is 0.429.